The van der Waals surface area contributed by atoms with Crippen molar-refractivity contribution in [2.45, 2.75) is 73.5 Å². The number of nitrogens with one attached hydrogen (secondary N) is 1. The summed E-state index contributed by atoms with van der Waals surface area (Å²) in [5.74, 6) is -0.166. The molecule has 0 fully saturated rings. The van der Waals surface area contributed by atoms with Crippen LogP contribution in [0.3, 0.4) is 0 Å². The van der Waals surface area contributed by atoms with E-state index in [2.05, 4.69) is 5.32 Å². The number of imide groups is 1. The molecule has 8 heteroatoms. The van der Waals surface area contributed by atoms with Crippen molar-refractivity contribution in [3.05, 3.63) is 0 Å². The van der Waals surface area contributed by atoms with E-state index in [1.165, 1.54) is 6.92 Å². The summed E-state index contributed by atoms with van der Waals surface area (Å²) >= 11 is 0. The smallest absolute Gasteiger partial charge is 0.442 e. The summed E-state index contributed by atoms with van der Waals surface area (Å²) < 4.78 is 10.2. The van der Waals surface area contributed by atoms with Crippen LogP contribution in [-0.4, -0.2) is 47.5 Å². The molecule has 142 valence electrons. The lowest BCUT2D eigenvalue weighted by Gasteiger charge is -2.27. The monoisotopic (exact) mass is 348 g/mol. The molecular weight excluding hydrogens is 316 g/mol. The van der Waals surface area contributed by atoms with Crippen LogP contribution >= 0.6 is 0 Å². The molecule has 1 N–H and O–H groups in total. The van der Waals surface area contributed by atoms with Crippen molar-refractivity contribution < 1.29 is 28.7 Å². The molecular formula is C16H32N2O6. The average molecular weight is 348 g/mol. The number of amides is 3. The molecule has 0 atom stereocenters. The molecule has 0 saturated carbocycles. The first-order chi connectivity index (χ1) is 10.3. The second kappa shape index (κ2) is 10.1. The van der Waals surface area contributed by atoms with Crippen LogP contribution in [0.5, 0.6) is 0 Å². The van der Waals surface area contributed by atoms with Gasteiger partial charge in [0.25, 0.3) is 0 Å². The first kappa shape index (κ1) is 24.4. The molecule has 0 aromatic rings. The molecule has 0 bridgehead atoms. The number of carbonyl (C=O) groups excluding carboxylic acids is 3. The number of hydrogen-bond acceptors (Lipinski definition) is 6. The summed E-state index contributed by atoms with van der Waals surface area (Å²) in [7, 11) is 0. The van der Waals surface area contributed by atoms with E-state index in [0.29, 0.717) is 18.0 Å². The quantitative estimate of drug-likeness (QED) is 0.605. The predicted octanol–water partition coefficient (Wildman–Crippen LogP) is 3.25. The maximum Gasteiger partial charge on any atom is 0.444 e. The lowest BCUT2D eigenvalue weighted by molar-refractivity contribution is -0.139. The van der Waals surface area contributed by atoms with Gasteiger partial charge in [-0.25, -0.2) is 9.59 Å². The Labute approximate surface area is 144 Å². The maximum atomic E-state index is 12.1. The van der Waals surface area contributed by atoms with Gasteiger partial charge in [0.2, 0.25) is 5.91 Å². The number of rotatable bonds is 5. The normalized spacial score (nSPS) is 11.1. The molecule has 0 rings (SSSR count). The highest BCUT2D eigenvalue weighted by Gasteiger charge is 2.32. The zero-order valence-electron chi connectivity index (χ0n) is 15.0. The third kappa shape index (κ3) is 12.7. The van der Waals surface area contributed by atoms with E-state index >= 15 is 0 Å². The topological polar surface area (TPSA) is 94.2 Å². The zero-order valence-corrected chi connectivity index (χ0v) is 15.0. The Kier molecular flexibility index (Phi) is 10.3. The molecule has 0 heterocycles. The fraction of sp³-hybridized carbons (Fsp3) is 0.812. The van der Waals surface area contributed by atoms with E-state index < -0.39 is 23.4 Å². The molecule has 0 aliphatic carbocycles. The molecule has 3 amide bonds. The summed E-state index contributed by atoms with van der Waals surface area (Å²) in [4.78, 5) is 40.1. The van der Waals surface area contributed by atoms with Gasteiger partial charge >= 0.3 is 12.2 Å². The Bertz CT molecular complexity index is 395. The van der Waals surface area contributed by atoms with Crippen LogP contribution in [0.25, 0.3) is 0 Å². The SMILES string of the molecule is C.CC(=O)NCCCON(C(=O)OC(C)(C)C)C(=O)OC(C)(C)C. The summed E-state index contributed by atoms with van der Waals surface area (Å²) in [6.45, 7) is 11.9. The van der Waals surface area contributed by atoms with Crippen molar-refractivity contribution >= 4 is 18.1 Å². The van der Waals surface area contributed by atoms with Gasteiger partial charge in [0, 0.05) is 13.5 Å². The molecule has 0 spiro atoms. The van der Waals surface area contributed by atoms with Crippen LogP contribution in [0.15, 0.2) is 0 Å². The van der Waals surface area contributed by atoms with Gasteiger partial charge in [-0.1, -0.05) is 12.5 Å². The Balaban J connectivity index is 0. The van der Waals surface area contributed by atoms with Crippen molar-refractivity contribution in [2.24, 2.45) is 0 Å². The highest BCUT2D eigenvalue weighted by Crippen LogP contribution is 2.14. The summed E-state index contributed by atoms with van der Waals surface area (Å²) in [6.07, 6.45) is -1.49. The summed E-state index contributed by atoms with van der Waals surface area (Å²) in [5, 5.41) is 3.05. The average Bonchev–Trinajstić information content (AvgIpc) is 2.28. The molecule has 24 heavy (non-hydrogen) atoms. The standard InChI is InChI=1S/C15H28N2O6.CH4/c1-11(18)16-9-8-10-21-17(12(19)22-14(2,3)4)13(20)23-15(5,6)7;/h8-10H2,1-7H3,(H,16,18);1H4. The number of nitrogens with zero attached hydrogens (tertiary/aromatic N) is 1. The summed E-state index contributed by atoms with van der Waals surface area (Å²) in [5.41, 5.74) is -1.56. The molecule has 0 aromatic carbocycles. The first-order valence-corrected chi connectivity index (χ1v) is 7.45. The third-order valence-electron chi connectivity index (χ3n) is 2.03. The molecule has 0 saturated heterocycles. The minimum absolute atomic E-state index is 0. The minimum Gasteiger partial charge on any atom is -0.442 e. The maximum absolute atomic E-state index is 12.1. The van der Waals surface area contributed by atoms with Gasteiger partial charge in [-0.15, -0.1) is 0 Å². The molecule has 8 nitrogen and oxygen atoms in total. The lowest BCUT2D eigenvalue weighted by atomic mass is 10.2. The van der Waals surface area contributed by atoms with Crippen LogP contribution < -0.4 is 5.32 Å². The third-order valence-corrected chi connectivity index (χ3v) is 2.03. The highest BCUT2D eigenvalue weighted by molar-refractivity contribution is 5.86. The Morgan fingerprint density at radius 2 is 1.33 bits per heavy atom. The Hall–Kier alpha value is -1.83. The van der Waals surface area contributed by atoms with Crippen molar-refractivity contribution in [2.75, 3.05) is 13.2 Å². The number of hydroxylamine groups is 2. The van der Waals surface area contributed by atoms with Crippen LogP contribution in [0, 0.1) is 0 Å². The zero-order chi connectivity index (χ0) is 18.3. The second-order valence-electron chi connectivity index (χ2n) is 6.92. The molecule has 0 aliphatic rings. The van der Waals surface area contributed by atoms with E-state index in [-0.39, 0.29) is 19.9 Å². The van der Waals surface area contributed by atoms with Crippen LogP contribution in [-0.2, 0) is 19.1 Å². The fourth-order valence-electron chi connectivity index (χ4n) is 1.28. The largest absolute Gasteiger partial charge is 0.444 e. The van der Waals surface area contributed by atoms with Gasteiger partial charge in [0.1, 0.15) is 11.2 Å². The van der Waals surface area contributed by atoms with Gasteiger partial charge < -0.3 is 14.8 Å². The van der Waals surface area contributed by atoms with E-state index in [9.17, 15) is 14.4 Å². The molecule has 0 unspecified atom stereocenters. The fourth-order valence-corrected chi connectivity index (χ4v) is 1.28. The van der Waals surface area contributed by atoms with Gasteiger partial charge in [0.05, 0.1) is 6.61 Å². The van der Waals surface area contributed by atoms with Crippen molar-refractivity contribution in [1.82, 2.24) is 10.4 Å². The number of hydrogen-bond donors (Lipinski definition) is 1. The number of ether oxygens (including phenoxy) is 2. The Morgan fingerprint density at radius 3 is 1.67 bits per heavy atom. The van der Waals surface area contributed by atoms with Gasteiger partial charge in [-0.05, 0) is 48.0 Å². The lowest BCUT2D eigenvalue weighted by Crippen LogP contribution is -2.43. The first-order valence-electron chi connectivity index (χ1n) is 7.45. The van der Waals surface area contributed by atoms with Crippen molar-refractivity contribution in [3.8, 4) is 0 Å². The van der Waals surface area contributed by atoms with Crippen molar-refractivity contribution in [1.29, 1.82) is 0 Å². The Morgan fingerprint density at radius 1 is 0.917 bits per heavy atom. The minimum atomic E-state index is -0.953. The van der Waals surface area contributed by atoms with E-state index in [1.54, 1.807) is 41.5 Å². The van der Waals surface area contributed by atoms with E-state index in [0.717, 1.165) is 0 Å². The van der Waals surface area contributed by atoms with Gasteiger partial charge in [0.15, 0.2) is 0 Å². The highest BCUT2D eigenvalue weighted by atomic mass is 16.8. The molecule has 0 aromatic heterocycles. The van der Waals surface area contributed by atoms with E-state index in [4.69, 9.17) is 14.3 Å². The second-order valence-corrected chi connectivity index (χ2v) is 6.92. The van der Waals surface area contributed by atoms with Crippen LogP contribution in [0.4, 0.5) is 9.59 Å². The molecule has 0 aliphatic heterocycles. The molecule has 0 radical (unpaired) electrons. The van der Waals surface area contributed by atoms with Gasteiger partial charge in [-0.3, -0.25) is 9.63 Å². The van der Waals surface area contributed by atoms with Gasteiger partial charge in [-0.2, -0.15) is 0 Å². The predicted molar refractivity (Wildman–Crippen MR) is 90.3 cm³/mol. The summed E-state index contributed by atoms with van der Waals surface area (Å²) in [6, 6.07) is 0. The van der Waals surface area contributed by atoms with E-state index in [1.807, 2.05) is 0 Å². The van der Waals surface area contributed by atoms with Crippen LogP contribution in [0.2, 0.25) is 0 Å². The number of carbonyl (C=O) groups is 3. The van der Waals surface area contributed by atoms with Crippen molar-refractivity contribution in [3.63, 3.8) is 0 Å². The van der Waals surface area contributed by atoms with Crippen LogP contribution in [0.1, 0.15) is 62.3 Å².